The van der Waals surface area contributed by atoms with E-state index in [-0.39, 0.29) is 6.10 Å². The van der Waals surface area contributed by atoms with Crippen LogP contribution < -0.4 is 4.74 Å². The molecule has 34 heavy (non-hydrogen) atoms. The highest BCUT2D eigenvalue weighted by atomic mass is 32.2. The predicted molar refractivity (Wildman–Crippen MR) is 121 cm³/mol. The van der Waals surface area contributed by atoms with Gasteiger partial charge in [0.25, 0.3) is 0 Å². The number of sulfonamides is 1. The minimum atomic E-state index is -4.44. The van der Waals surface area contributed by atoms with Crippen molar-refractivity contribution in [3.8, 4) is 16.9 Å². The van der Waals surface area contributed by atoms with Crippen LogP contribution >= 0.6 is 0 Å². The van der Waals surface area contributed by atoms with Crippen LogP contribution in [0.15, 0.2) is 55.1 Å². The zero-order chi connectivity index (χ0) is 24.1. The number of pyridine rings is 2. The van der Waals surface area contributed by atoms with Crippen LogP contribution in [0.3, 0.4) is 0 Å². The fraction of sp³-hybridized carbons (Fsp3) is 0.304. The first-order chi connectivity index (χ1) is 16.1. The van der Waals surface area contributed by atoms with E-state index >= 15 is 0 Å². The Morgan fingerprint density at radius 2 is 1.82 bits per heavy atom. The average molecular weight is 491 g/mol. The Labute approximate surface area is 193 Å². The van der Waals surface area contributed by atoms with Crippen molar-refractivity contribution in [2.45, 2.75) is 25.1 Å². The largest absolute Gasteiger partial charge is 0.488 e. The quantitative estimate of drug-likeness (QED) is 0.425. The highest BCUT2D eigenvalue weighted by molar-refractivity contribution is 7.88. The summed E-state index contributed by atoms with van der Waals surface area (Å²) in [6.45, 7) is 0.796. The average Bonchev–Trinajstić information content (AvgIpc) is 3.22. The second kappa shape index (κ2) is 8.24. The summed E-state index contributed by atoms with van der Waals surface area (Å²) in [6, 6.07) is 8.11. The van der Waals surface area contributed by atoms with Crippen LogP contribution in [0.4, 0.5) is 13.2 Å². The van der Waals surface area contributed by atoms with Crippen molar-refractivity contribution in [1.29, 1.82) is 0 Å². The minimum Gasteiger partial charge on any atom is -0.488 e. The van der Waals surface area contributed by atoms with Crippen LogP contribution in [0, 0.1) is 0 Å². The van der Waals surface area contributed by atoms with Crippen LogP contribution in [0.5, 0.6) is 5.75 Å². The third-order valence-electron chi connectivity index (χ3n) is 6.04. The molecule has 0 unspecified atom stereocenters. The van der Waals surface area contributed by atoms with Gasteiger partial charge in [-0.1, -0.05) is 12.1 Å². The number of benzene rings is 1. The van der Waals surface area contributed by atoms with Crippen molar-refractivity contribution < 1.29 is 26.3 Å². The van der Waals surface area contributed by atoms with Gasteiger partial charge in [0.1, 0.15) is 11.9 Å². The lowest BCUT2D eigenvalue weighted by molar-refractivity contribution is -0.137. The van der Waals surface area contributed by atoms with Crippen LogP contribution in [0.2, 0.25) is 0 Å². The fourth-order valence-electron chi connectivity index (χ4n) is 4.23. The third kappa shape index (κ3) is 4.32. The maximum Gasteiger partial charge on any atom is 0.417 e. The van der Waals surface area contributed by atoms with Gasteiger partial charge >= 0.3 is 6.18 Å². The lowest BCUT2D eigenvalue weighted by atomic mass is 10.0. The van der Waals surface area contributed by atoms with Gasteiger partial charge < -0.3 is 4.74 Å². The highest BCUT2D eigenvalue weighted by Gasteiger charge is 2.31. The Hall–Kier alpha value is -3.18. The summed E-state index contributed by atoms with van der Waals surface area (Å²) in [5.41, 5.74) is 1.26. The normalized spacial score (nSPS) is 16.4. The molecule has 4 heterocycles. The molecule has 5 rings (SSSR count). The van der Waals surface area contributed by atoms with Crippen molar-refractivity contribution >= 4 is 26.3 Å². The molecule has 1 aromatic carbocycles. The summed E-state index contributed by atoms with van der Waals surface area (Å²) in [7, 11) is -3.22. The molecular formula is C23H21F3N4O3S. The van der Waals surface area contributed by atoms with Gasteiger partial charge in [0.2, 0.25) is 10.0 Å². The standard InChI is InChI=1S/C23H21F3N4O3S/c1-34(31,32)29-8-6-18(7-9-29)33-22-13-27-11-16-3-2-15(10-19(16)22)20-12-28-30-14-17(23(24,25)26)4-5-21(20)30/h2-5,10-14,18H,6-9H2,1H3. The van der Waals surface area contributed by atoms with Crippen molar-refractivity contribution in [1.82, 2.24) is 18.9 Å². The van der Waals surface area contributed by atoms with Gasteiger partial charge in [-0.05, 0) is 36.6 Å². The number of aromatic nitrogens is 3. The van der Waals surface area contributed by atoms with Crippen molar-refractivity contribution in [2.24, 2.45) is 0 Å². The Balaban J connectivity index is 1.46. The van der Waals surface area contributed by atoms with Gasteiger partial charge in [0.15, 0.2) is 0 Å². The minimum absolute atomic E-state index is 0.146. The number of halogens is 3. The van der Waals surface area contributed by atoms with E-state index in [0.29, 0.717) is 42.8 Å². The topological polar surface area (TPSA) is 76.8 Å². The van der Waals surface area contributed by atoms with Crippen molar-refractivity contribution in [3.05, 3.63) is 60.7 Å². The van der Waals surface area contributed by atoms with Crippen molar-refractivity contribution in [3.63, 3.8) is 0 Å². The van der Waals surface area contributed by atoms with Gasteiger partial charge in [-0.15, -0.1) is 0 Å². The number of alkyl halides is 3. The zero-order valence-corrected chi connectivity index (χ0v) is 19.0. The van der Waals surface area contributed by atoms with E-state index in [2.05, 4.69) is 10.1 Å². The molecule has 0 spiro atoms. The van der Waals surface area contributed by atoms with Gasteiger partial charge in [-0.2, -0.15) is 18.3 Å². The summed E-state index contributed by atoms with van der Waals surface area (Å²) < 4.78 is 71.5. The summed E-state index contributed by atoms with van der Waals surface area (Å²) in [5, 5.41) is 5.77. The van der Waals surface area contributed by atoms with Crippen molar-refractivity contribution in [2.75, 3.05) is 19.3 Å². The third-order valence-corrected chi connectivity index (χ3v) is 7.35. The molecule has 0 atom stereocenters. The van der Waals surface area contributed by atoms with Gasteiger partial charge in [-0.3, -0.25) is 4.98 Å². The number of hydrogen-bond acceptors (Lipinski definition) is 5. The molecule has 0 bridgehead atoms. The number of piperidine rings is 1. The lowest BCUT2D eigenvalue weighted by Gasteiger charge is -2.30. The second-order valence-electron chi connectivity index (χ2n) is 8.36. The van der Waals surface area contributed by atoms with Crippen LogP contribution in [0.1, 0.15) is 18.4 Å². The van der Waals surface area contributed by atoms with E-state index in [1.165, 1.54) is 21.1 Å². The number of nitrogens with zero attached hydrogens (tertiary/aromatic N) is 4. The fourth-order valence-corrected chi connectivity index (χ4v) is 5.11. The van der Waals surface area contributed by atoms with E-state index in [4.69, 9.17) is 4.74 Å². The second-order valence-corrected chi connectivity index (χ2v) is 10.3. The molecule has 178 valence electrons. The first kappa shape index (κ1) is 22.6. The first-order valence-electron chi connectivity index (χ1n) is 10.6. The molecular weight excluding hydrogens is 469 g/mol. The molecule has 1 fully saturated rings. The number of hydrogen-bond donors (Lipinski definition) is 0. The molecule has 0 amide bonds. The Morgan fingerprint density at radius 3 is 2.53 bits per heavy atom. The first-order valence-corrected chi connectivity index (χ1v) is 12.5. The number of ether oxygens (including phenoxy) is 1. The molecule has 1 aliphatic heterocycles. The van der Waals surface area contributed by atoms with Crippen LogP contribution in [-0.2, 0) is 16.2 Å². The molecule has 0 radical (unpaired) electrons. The van der Waals surface area contributed by atoms with Crippen LogP contribution in [0.25, 0.3) is 27.4 Å². The predicted octanol–water partition coefficient (Wildman–Crippen LogP) is 4.37. The summed E-state index contributed by atoms with van der Waals surface area (Å²) in [5.74, 6) is 0.577. The van der Waals surface area contributed by atoms with E-state index in [9.17, 15) is 21.6 Å². The molecule has 4 aromatic rings. The molecule has 7 nitrogen and oxygen atoms in total. The summed E-state index contributed by atoms with van der Waals surface area (Å²) in [4.78, 5) is 4.25. The Bertz CT molecular complexity index is 1480. The van der Waals surface area contributed by atoms with Gasteiger partial charge in [-0.25, -0.2) is 17.2 Å². The van der Waals surface area contributed by atoms with E-state index in [0.717, 1.165) is 28.6 Å². The molecule has 1 aliphatic rings. The summed E-state index contributed by atoms with van der Waals surface area (Å²) >= 11 is 0. The smallest absolute Gasteiger partial charge is 0.417 e. The maximum atomic E-state index is 13.0. The summed E-state index contributed by atoms with van der Waals surface area (Å²) in [6.07, 6.45) is 3.60. The highest BCUT2D eigenvalue weighted by Crippen LogP contribution is 2.34. The van der Waals surface area contributed by atoms with E-state index in [1.54, 1.807) is 18.6 Å². The Kier molecular flexibility index (Phi) is 5.48. The number of fused-ring (bicyclic) bond motifs is 2. The Morgan fingerprint density at radius 1 is 1.06 bits per heavy atom. The van der Waals surface area contributed by atoms with E-state index < -0.39 is 21.8 Å². The molecule has 0 saturated carbocycles. The molecule has 1 saturated heterocycles. The zero-order valence-electron chi connectivity index (χ0n) is 18.2. The van der Waals surface area contributed by atoms with Gasteiger partial charge in [0.05, 0.1) is 29.7 Å². The molecule has 0 aliphatic carbocycles. The maximum absolute atomic E-state index is 13.0. The SMILES string of the molecule is CS(=O)(=O)N1CCC(Oc2cncc3ccc(-c4cnn5cc(C(F)(F)F)ccc45)cc23)CC1. The number of rotatable bonds is 4. The van der Waals surface area contributed by atoms with Gasteiger partial charge in [0, 0.05) is 41.8 Å². The van der Waals surface area contributed by atoms with E-state index in [1.807, 2.05) is 18.2 Å². The molecule has 3 aromatic heterocycles. The lowest BCUT2D eigenvalue weighted by Crippen LogP contribution is -2.41. The van der Waals surface area contributed by atoms with Crippen LogP contribution in [-0.4, -0.2) is 52.8 Å². The monoisotopic (exact) mass is 490 g/mol. The molecule has 0 N–H and O–H groups in total. The molecule has 11 heteroatoms.